The average Bonchev–Trinajstić information content (AvgIpc) is 2.88. The molecule has 1 unspecified atom stereocenters. The monoisotopic (exact) mass is 356 g/mol. The second kappa shape index (κ2) is 8.30. The van der Waals surface area contributed by atoms with Crippen molar-refractivity contribution in [2.75, 3.05) is 0 Å². The molecule has 21 heavy (non-hydrogen) atoms. The van der Waals surface area contributed by atoms with Crippen LogP contribution >= 0.6 is 15.9 Å². The summed E-state index contributed by atoms with van der Waals surface area (Å²) in [5.74, 6) is 7.44. The number of halogens is 1. The highest BCUT2D eigenvalue weighted by molar-refractivity contribution is 9.10. The van der Waals surface area contributed by atoms with Crippen molar-refractivity contribution in [2.24, 2.45) is 17.7 Å². The molecule has 120 valence electrons. The first-order valence-corrected chi connectivity index (χ1v) is 9.17. The highest BCUT2D eigenvalue weighted by atomic mass is 79.9. The highest BCUT2D eigenvalue weighted by Crippen LogP contribution is 2.39. The van der Waals surface area contributed by atoms with E-state index < -0.39 is 0 Å². The first-order valence-electron chi connectivity index (χ1n) is 8.38. The van der Waals surface area contributed by atoms with E-state index in [1.54, 1.807) is 0 Å². The van der Waals surface area contributed by atoms with Crippen LogP contribution in [0.4, 0.5) is 0 Å². The quantitative estimate of drug-likeness (QED) is 0.569. The molecule has 0 spiro atoms. The zero-order valence-electron chi connectivity index (χ0n) is 13.3. The van der Waals surface area contributed by atoms with E-state index in [1.807, 2.05) is 6.20 Å². The molecule has 1 aliphatic carbocycles. The van der Waals surface area contributed by atoms with E-state index in [1.165, 1.54) is 50.6 Å². The first-order chi connectivity index (χ1) is 10.2. The minimum absolute atomic E-state index is 0.203. The van der Waals surface area contributed by atoms with Crippen LogP contribution in [-0.4, -0.2) is 9.78 Å². The van der Waals surface area contributed by atoms with Crippen molar-refractivity contribution in [1.82, 2.24) is 15.2 Å². The fraction of sp³-hybridized carbons (Fsp3) is 0.812. The Bertz CT molecular complexity index is 424. The van der Waals surface area contributed by atoms with Gasteiger partial charge in [0.2, 0.25) is 0 Å². The van der Waals surface area contributed by atoms with E-state index in [0.29, 0.717) is 5.92 Å². The van der Waals surface area contributed by atoms with Gasteiger partial charge in [-0.05, 0) is 47.5 Å². The molecule has 1 aliphatic rings. The molecule has 1 aromatic rings. The summed E-state index contributed by atoms with van der Waals surface area (Å²) in [6, 6.07) is 0.203. The molecule has 3 N–H and O–H groups in total. The predicted octanol–water partition coefficient (Wildman–Crippen LogP) is 4.17. The molecule has 4 nitrogen and oxygen atoms in total. The third kappa shape index (κ3) is 4.08. The summed E-state index contributed by atoms with van der Waals surface area (Å²) in [6.45, 7) is 5.28. The van der Waals surface area contributed by atoms with Crippen LogP contribution in [0.3, 0.4) is 0 Å². The van der Waals surface area contributed by atoms with Gasteiger partial charge < -0.3 is 0 Å². The third-order valence-electron chi connectivity index (χ3n) is 4.94. The number of nitrogens with two attached hydrogens (primary N) is 1. The topological polar surface area (TPSA) is 55.9 Å². The summed E-state index contributed by atoms with van der Waals surface area (Å²) in [5, 5.41) is 4.43. The normalized spacial score (nSPS) is 24.2. The Morgan fingerprint density at radius 3 is 2.67 bits per heavy atom. The first kappa shape index (κ1) is 17.0. The van der Waals surface area contributed by atoms with Crippen LogP contribution in [0, 0.1) is 11.8 Å². The van der Waals surface area contributed by atoms with Crippen LogP contribution in [0.15, 0.2) is 10.7 Å². The Hall–Kier alpha value is -0.390. The number of rotatable bonds is 7. The fourth-order valence-electron chi connectivity index (χ4n) is 3.67. The Morgan fingerprint density at radius 1 is 1.38 bits per heavy atom. The summed E-state index contributed by atoms with van der Waals surface area (Å²) >= 11 is 3.63. The number of nitrogens with one attached hydrogen (secondary N) is 1. The van der Waals surface area contributed by atoms with Crippen molar-refractivity contribution in [3.8, 4) is 0 Å². The fourth-order valence-corrected chi connectivity index (χ4v) is 4.22. The zero-order chi connectivity index (χ0) is 15.2. The van der Waals surface area contributed by atoms with Crippen molar-refractivity contribution in [3.05, 3.63) is 16.4 Å². The lowest BCUT2D eigenvalue weighted by Gasteiger charge is -2.34. The summed E-state index contributed by atoms with van der Waals surface area (Å²) in [5.41, 5.74) is 4.26. The minimum Gasteiger partial charge on any atom is -0.271 e. The van der Waals surface area contributed by atoms with Gasteiger partial charge in [0.25, 0.3) is 0 Å². The maximum atomic E-state index is 5.89. The lowest BCUT2D eigenvalue weighted by atomic mass is 9.76. The van der Waals surface area contributed by atoms with E-state index in [0.717, 1.165) is 16.9 Å². The molecule has 0 aliphatic heterocycles. The molecule has 0 saturated heterocycles. The lowest BCUT2D eigenvalue weighted by molar-refractivity contribution is 0.207. The Kier molecular flexibility index (Phi) is 6.71. The summed E-state index contributed by atoms with van der Waals surface area (Å²) in [4.78, 5) is 0. The number of unbranched alkanes of at least 4 members (excludes halogenated alkanes) is 1. The van der Waals surface area contributed by atoms with Crippen molar-refractivity contribution in [1.29, 1.82) is 0 Å². The Labute approximate surface area is 137 Å². The van der Waals surface area contributed by atoms with Gasteiger partial charge in [0, 0.05) is 6.54 Å². The summed E-state index contributed by atoms with van der Waals surface area (Å²) < 4.78 is 3.12. The minimum atomic E-state index is 0.203. The smallest absolute Gasteiger partial charge is 0.0711 e. The van der Waals surface area contributed by atoms with Gasteiger partial charge in [-0.3, -0.25) is 16.0 Å². The average molecular weight is 357 g/mol. The summed E-state index contributed by atoms with van der Waals surface area (Å²) in [6.07, 6.45) is 11.2. The standard InChI is InChI=1S/C16H29BrN4/c1-3-5-6-12-7-9-13(10-8-12)15(20-18)16-14(17)11-19-21(16)4-2/h11-13,15,20H,3-10,18H2,1-2H3. The van der Waals surface area contributed by atoms with E-state index in [4.69, 9.17) is 5.84 Å². The van der Waals surface area contributed by atoms with Gasteiger partial charge in [-0.25, -0.2) is 0 Å². The van der Waals surface area contributed by atoms with E-state index in [2.05, 4.69) is 45.0 Å². The third-order valence-corrected chi connectivity index (χ3v) is 5.55. The van der Waals surface area contributed by atoms with Crippen LogP contribution in [0.1, 0.15) is 70.5 Å². The van der Waals surface area contributed by atoms with Gasteiger partial charge in [0.1, 0.15) is 0 Å². The second-order valence-electron chi connectivity index (χ2n) is 6.26. The number of aryl methyl sites for hydroxylation is 1. The Balaban J connectivity index is 2.01. The molecule has 5 heteroatoms. The molecule has 0 radical (unpaired) electrons. The highest BCUT2D eigenvalue weighted by Gasteiger charge is 2.31. The number of hydrogen-bond acceptors (Lipinski definition) is 3. The number of aromatic nitrogens is 2. The van der Waals surface area contributed by atoms with Gasteiger partial charge in [0.05, 0.1) is 22.4 Å². The lowest BCUT2D eigenvalue weighted by Crippen LogP contribution is -2.37. The zero-order valence-corrected chi connectivity index (χ0v) is 14.9. The SMILES string of the molecule is CCCCC1CCC(C(NN)c2c(Br)cnn2CC)CC1. The van der Waals surface area contributed by atoms with Gasteiger partial charge in [-0.1, -0.05) is 39.0 Å². The largest absolute Gasteiger partial charge is 0.271 e. The van der Waals surface area contributed by atoms with Gasteiger partial charge in [-0.15, -0.1) is 0 Å². The number of hydrazine groups is 1. The van der Waals surface area contributed by atoms with Crippen molar-refractivity contribution in [3.63, 3.8) is 0 Å². The molecular formula is C16H29BrN4. The molecule has 2 rings (SSSR count). The Morgan fingerprint density at radius 2 is 2.10 bits per heavy atom. The van der Waals surface area contributed by atoms with Crippen molar-refractivity contribution in [2.45, 2.75) is 71.4 Å². The second-order valence-corrected chi connectivity index (χ2v) is 7.12. The van der Waals surface area contributed by atoms with Crippen LogP contribution in [0.25, 0.3) is 0 Å². The molecule has 1 heterocycles. The van der Waals surface area contributed by atoms with Gasteiger partial charge in [0.15, 0.2) is 0 Å². The summed E-state index contributed by atoms with van der Waals surface area (Å²) in [7, 11) is 0. The maximum absolute atomic E-state index is 5.89. The van der Waals surface area contributed by atoms with Gasteiger partial charge in [-0.2, -0.15) is 5.10 Å². The van der Waals surface area contributed by atoms with Crippen LogP contribution < -0.4 is 11.3 Å². The number of hydrogen-bond donors (Lipinski definition) is 2. The molecular weight excluding hydrogens is 328 g/mol. The van der Waals surface area contributed by atoms with Crippen LogP contribution in [0.5, 0.6) is 0 Å². The maximum Gasteiger partial charge on any atom is 0.0711 e. The van der Waals surface area contributed by atoms with Crippen LogP contribution in [0.2, 0.25) is 0 Å². The molecule has 0 aromatic carbocycles. The molecule has 0 bridgehead atoms. The number of nitrogens with zero attached hydrogens (tertiary/aromatic N) is 2. The van der Waals surface area contributed by atoms with Crippen LogP contribution in [-0.2, 0) is 6.54 Å². The van der Waals surface area contributed by atoms with E-state index in [9.17, 15) is 0 Å². The van der Waals surface area contributed by atoms with Crippen molar-refractivity contribution >= 4 is 15.9 Å². The van der Waals surface area contributed by atoms with Gasteiger partial charge >= 0.3 is 0 Å². The van der Waals surface area contributed by atoms with Crippen molar-refractivity contribution < 1.29 is 0 Å². The van der Waals surface area contributed by atoms with E-state index >= 15 is 0 Å². The molecule has 1 atom stereocenters. The molecule has 0 amide bonds. The predicted molar refractivity (Wildman–Crippen MR) is 90.6 cm³/mol. The van der Waals surface area contributed by atoms with E-state index in [-0.39, 0.29) is 6.04 Å². The molecule has 1 fully saturated rings. The molecule has 1 saturated carbocycles. The molecule has 1 aromatic heterocycles.